The van der Waals surface area contributed by atoms with Crippen molar-refractivity contribution >= 4 is 23.2 Å². The molecule has 1 atom stereocenters. The maximum atomic E-state index is 6.51. The molecule has 2 rings (SSSR count). The Morgan fingerprint density at radius 3 is 2.17 bits per heavy atom. The highest BCUT2D eigenvalue weighted by atomic mass is 35.5. The largest absolute Gasteiger partial charge is 0.466 e. The Labute approximate surface area is 118 Å². The van der Waals surface area contributed by atoms with Gasteiger partial charge in [0.25, 0.3) is 0 Å². The summed E-state index contributed by atoms with van der Waals surface area (Å²) < 4.78 is 5.62. The van der Waals surface area contributed by atoms with E-state index in [-0.39, 0.29) is 5.38 Å². The summed E-state index contributed by atoms with van der Waals surface area (Å²) in [6.07, 6.45) is 0.777. The maximum Gasteiger partial charge on any atom is 0.106 e. The van der Waals surface area contributed by atoms with Crippen LogP contribution in [0.4, 0.5) is 0 Å². The molecule has 18 heavy (non-hydrogen) atoms. The number of rotatable bonds is 3. The molecule has 1 aromatic heterocycles. The molecule has 1 heterocycles. The van der Waals surface area contributed by atoms with Gasteiger partial charge in [0.1, 0.15) is 11.5 Å². The number of alkyl halides is 1. The molecule has 0 spiro atoms. The zero-order valence-electron chi connectivity index (χ0n) is 10.8. The molecule has 1 nitrogen and oxygen atoms in total. The molecule has 1 unspecified atom stereocenters. The molecule has 2 aromatic rings. The van der Waals surface area contributed by atoms with Gasteiger partial charge in [0.05, 0.1) is 5.38 Å². The highest BCUT2D eigenvalue weighted by molar-refractivity contribution is 6.30. The Kier molecular flexibility index (Phi) is 4.04. The highest BCUT2D eigenvalue weighted by Crippen LogP contribution is 2.33. The molecule has 96 valence electrons. The van der Waals surface area contributed by atoms with Gasteiger partial charge in [-0.05, 0) is 50.5 Å². The normalized spacial score (nSPS) is 12.7. The van der Waals surface area contributed by atoms with E-state index in [4.69, 9.17) is 27.6 Å². The van der Waals surface area contributed by atoms with Crippen LogP contribution in [-0.2, 0) is 6.42 Å². The van der Waals surface area contributed by atoms with Crippen molar-refractivity contribution in [3.8, 4) is 0 Å². The third kappa shape index (κ3) is 2.73. The minimum atomic E-state index is -0.0661. The molecular weight excluding hydrogens is 267 g/mol. The van der Waals surface area contributed by atoms with Crippen molar-refractivity contribution in [2.75, 3.05) is 0 Å². The van der Waals surface area contributed by atoms with Gasteiger partial charge < -0.3 is 4.42 Å². The van der Waals surface area contributed by atoms with Crippen LogP contribution in [0, 0.1) is 20.8 Å². The van der Waals surface area contributed by atoms with Crippen LogP contribution in [-0.4, -0.2) is 0 Å². The number of hydrogen-bond acceptors (Lipinski definition) is 1. The van der Waals surface area contributed by atoms with Gasteiger partial charge in [0.15, 0.2) is 0 Å². The zero-order valence-corrected chi connectivity index (χ0v) is 12.3. The van der Waals surface area contributed by atoms with Crippen LogP contribution < -0.4 is 0 Å². The van der Waals surface area contributed by atoms with Crippen molar-refractivity contribution in [3.63, 3.8) is 0 Å². The number of hydrogen-bond donors (Lipinski definition) is 0. The van der Waals surface area contributed by atoms with Gasteiger partial charge in [-0.3, -0.25) is 0 Å². The van der Waals surface area contributed by atoms with E-state index in [1.54, 1.807) is 0 Å². The second-order valence-electron chi connectivity index (χ2n) is 4.55. The van der Waals surface area contributed by atoms with E-state index in [1.807, 2.05) is 38.1 Å². The summed E-state index contributed by atoms with van der Waals surface area (Å²) in [6, 6.07) is 7.80. The quantitative estimate of drug-likeness (QED) is 0.689. The van der Waals surface area contributed by atoms with Crippen molar-refractivity contribution in [2.45, 2.75) is 32.6 Å². The standard InChI is InChI=1S/C15H16Cl2O/c1-9-10(2)18-11(3)15(9)14(17)8-12-4-6-13(16)7-5-12/h4-7,14H,8H2,1-3H3. The number of benzene rings is 1. The molecule has 0 bridgehead atoms. The SMILES string of the molecule is Cc1oc(C)c(C(Cl)Cc2ccc(Cl)cc2)c1C. The predicted molar refractivity (Wildman–Crippen MR) is 76.7 cm³/mol. The van der Waals surface area contributed by atoms with Gasteiger partial charge in [0.2, 0.25) is 0 Å². The van der Waals surface area contributed by atoms with E-state index < -0.39 is 0 Å². The third-order valence-electron chi connectivity index (χ3n) is 3.26. The molecule has 0 aliphatic heterocycles. The molecule has 0 saturated heterocycles. The van der Waals surface area contributed by atoms with Crippen LogP contribution in [0.15, 0.2) is 28.7 Å². The first-order valence-electron chi connectivity index (χ1n) is 5.94. The van der Waals surface area contributed by atoms with Crippen LogP contribution in [0.1, 0.15) is 33.6 Å². The molecule has 0 saturated carbocycles. The van der Waals surface area contributed by atoms with Crippen molar-refractivity contribution in [3.05, 3.63) is 57.5 Å². The molecule has 0 aliphatic carbocycles. The summed E-state index contributed by atoms with van der Waals surface area (Å²) in [4.78, 5) is 0. The summed E-state index contributed by atoms with van der Waals surface area (Å²) in [6.45, 7) is 5.99. The van der Waals surface area contributed by atoms with Gasteiger partial charge in [-0.25, -0.2) is 0 Å². The lowest BCUT2D eigenvalue weighted by Gasteiger charge is -2.10. The van der Waals surface area contributed by atoms with E-state index in [0.29, 0.717) is 0 Å². The lowest BCUT2D eigenvalue weighted by molar-refractivity contribution is 0.499. The van der Waals surface area contributed by atoms with E-state index in [1.165, 1.54) is 5.56 Å². The summed E-state index contributed by atoms with van der Waals surface area (Å²) in [7, 11) is 0. The summed E-state index contributed by atoms with van der Waals surface area (Å²) in [5, 5.41) is 0.681. The van der Waals surface area contributed by atoms with Gasteiger partial charge in [-0.2, -0.15) is 0 Å². The van der Waals surface area contributed by atoms with Gasteiger partial charge in [0, 0.05) is 10.6 Å². The molecule has 3 heteroatoms. The van der Waals surface area contributed by atoms with Crippen molar-refractivity contribution < 1.29 is 4.42 Å². The fourth-order valence-corrected chi connectivity index (χ4v) is 2.82. The Bertz CT molecular complexity index is 540. The molecule has 0 fully saturated rings. The minimum absolute atomic E-state index is 0.0661. The topological polar surface area (TPSA) is 13.1 Å². The molecule has 0 amide bonds. The van der Waals surface area contributed by atoms with E-state index in [2.05, 4.69) is 6.92 Å². The van der Waals surface area contributed by atoms with Crippen LogP contribution in [0.3, 0.4) is 0 Å². The average molecular weight is 283 g/mol. The van der Waals surface area contributed by atoms with Crippen LogP contribution in [0.25, 0.3) is 0 Å². The van der Waals surface area contributed by atoms with Crippen LogP contribution in [0.2, 0.25) is 5.02 Å². The first kappa shape index (κ1) is 13.5. The highest BCUT2D eigenvalue weighted by Gasteiger charge is 2.19. The second kappa shape index (κ2) is 5.38. The Morgan fingerprint density at radius 2 is 1.67 bits per heavy atom. The fraction of sp³-hybridized carbons (Fsp3) is 0.333. The first-order valence-corrected chi connectivity index (χ1v) is 6.75. The predicted octanol–water partition coefficient (Wildman–Crippen LogP) is 5.38. The van der Waals surface area contributed by atoms with Crippen molar-refractivity contribution in [2.24, 2.45) is 0 Å². The Hall–Kier alpha value is -0.920. The van der Waals surface area contributed by atoms with Crippen molar-refractivity contribution in [1.82, 2.24) is 0 Å². The maximum absolute atomic E-state index is 6.51. The number of halogens is 2. The van der Waals surface area contributed by atoms with E-state index in [9.17, 15) is 0 Å². The second-order valence-corrected chi connectivity index (χ2v) is 5.51. The minimum Gasteiger partial charge on any atom is -0.466 e. The first-order chi connectivity index (χ1) is 8.49. The molecule has 0 radical (unpaired) electrons. The fourth-order valence-electron chi connectivity index (χ4n) is 2.20. The van der Waals surface area contributed by atoms with E-state index >= 15 is 0 Å². The third-order valence-corrected chi connectivity index (χ3v) is 3.88. The molecule has 1 aromatic carbocycles. The number of aryl methyl sites for hydroxylation is 2. The average Bonchev–Trinajstić information content (AvgIpc) is 2.56. The molecule has 0 aliphatic rings. The van der Waals surface area contributed by atoms with Crippen LogP contribution >= 0.6 is 23.2 Å². The summed E-state index contributed by atoms with van der Waals surface area (Å²) in [5.74, 6) is 1.86. The summed E-state index contributed by atoms with van der Waals surface area (Å²) in [5.41, 5.74) is 3.45. The van der Waals surface area contributed by atoms with E-state index in [0.717, 1.165) is 34.1 Å². The Morgan fingerprint density at radius 1 is 1.06 bits per heavy atom. The lowest BCUT2D eigenvalue weighted by Crippen LogP contribution is -1.98. The molecule has 0 N–H and O–H groups in total. The van der Waals surface area contributed by atoms with Crippen LogP contribution in [0.5, 0.6) is 0 Å². The monoisotopic (exact) mass is 282 g/mol. The Balaban J connectivity index is 2.21. The number of furan rings is 1. The van der Waals surface area contributed by atoms with Crippen molar-refractivity contribution in [1.29, 1.82) is 0 Å². The van der Waals surface area contributed by atoms with Gasteiger partial charge in [-0.15, -0.1) is 11.6 Å². The lowest BCUT2D eigenvalue weighted by atomic mass is 10.0. The summed E-state index contributed by atoms with van der Waals surface area (Å²) >= 11 is 12.4. The molecular formula is C15H16Cl2O. The smallest absolute Gasteiger partial charge is 0.106 e. The van der Waals surface area contributed by atoms with Gasteiger partial charge in [-0.1, -0.05) is 23.7 Å². The zero-order chi connectivity index (χ0) is 13.3. The van der Waals surface area contributed by atoms with Gasteiger partial charge >= 0.3 is 0 Å².